The zero-order valence-corrected chi connectivity index (χ0v) is 19.2. The monoisotopic (exact) mass is 439 g/mol. The first-order valence-corrected chi connectivity index (χ1v) is 11.5. The summed E-state index contributed by atoms with van der Waals surface area (Å²) in [5.41, 5.74) is 1.86. The van der Waals surface area contributed by atoms with E-state index >= 15 is 0 Å². The summed E-state index contributed by atoms with van der Waals surface area (Å²) in [6.07, 6.45) is 5.35. The number of fused-ring (bicyclic) bond motifs is 1. The lowest BCUT2D eigenvalue weighted by Crippen LogP contribution is -2.31. The second-order valence-electron chi connectivity index (χ2n) is 8.24. The first-order chi connectivity index (χ1) is 15.4. The van der Waals surface area contributed by atoms with Crippen LogP contribution in [0.1, 0.15) is 63.8 Å². The fourth-order valence-corrected chi connectivity index (χ4v) is 3.78. The van der Waals surface area contributed by atoms with E-state index in [1.165, 1.54) is 0 Å². The molecule has 0 aliphatic heterocycles. The molecule has 32 heavy (non-hydrogen) atoms. The van der Waals surface area contributed by atoms with Crippen molar-refractivity contribution < 1.29 is 4.79 Å². The zero-order chi connectivity index (χ0) is 23.1. The SMILES string of the molecule is CCCCCn1c(CCC(=O)Nc2ccc(C)cc2)nc2c1c(=O)[nH]c(=O)n2CCCC. The summed E-state index contributed by atoms with van der Waals surface area (Å²) in [5, 5.41) is 2.91. The van der Waals surface area contributed by atoms with Crippen molar-refractivity contribution in [3.05, 3.63) is 56.5 Å². The van der Waals surface area contributed by atoms with Crippen molar-refractivity contribution in [2.75, 3.05) is 5.32 Å². The van der Waals surface area contributed by atoms with Crippen LogP contribution in [0.5, 0.6) is 0 Å². The third kappa shape index (κ3) is 5.55. The highest BCUT2D eigenvalue weighted by molar-refractivity contribution is 5.90. The molecule has 8 heteroatoms. The number of amides is 1. The molecule has 3 rings (SSSR count). The molecule has 0 spiro atoms. The van der Waals surface area contributed by atoms with Gasteiger partial charge in [0.25, 0.3) is 5.56 Å². The summed E-state index contributed by atoms with van der Waals surface area (Å²) >= 11 is 0. The molecule has 1 aromatic carbocycles. The van der Waals surface area contributed by atoms with Gasteiger partial charge in [0.05, 0.1) is 0 Å². The standard InChI is InChI=1S/C24H33N5O3/c1-4-6-8-16-28-19(13-14-20(30)25-18-11-9-17(3)10-12-18)26-22-21(28)23(31)27-24(32)29(22)15-7-5-2/h9-12H,4-8,13-16H2,1-3H3,(H,25,30)(H,27,31,32). The lowest BCUT2D eigenvalue weighted by molar-refractivity contribution is -0.116. The maximum atomic E-state index is 12.7. The van der Waals surface area contributed by atoms with E-state index in [9.17, 15) is 14.4 Å². The van der Waals surface area contributed by atoms with Gasteiger partial charge in [-0.05, 0) is 31.9 Å². The number of carbonyl (C=O) groups is 1. The van der Waals surface area contributed by atoms with Crippen LogP contribution in [-0.4, -0.2) is 25.0 Å². The Morgan fingerprint density at radius 2 is 1.69 bits per heavy atom. The Bertz CT molecular complexity index is 1170. The van der Waals surface area contributed by atoms with E-state index in [1.54, 1.807) is 4.57 Å². The summed E-state index contributed by atoms with van der Waals surface area (Å²) in [6.45, 7) is 7.31. The predicted molar refractivity (Wildman–Crippen MR) is 127 cm³/mol. The Hall–Kier alpha value is -3.16. The van der Waals surface area contributed by atoms with Crippen molar-refractivity contribution in [3.8, 4) is 0 Å². The van der Waals surface area contributed by atoms with Gasteiger partial charge in [0, 0.05) is 31.6 Å². The minimum atomic E-state index is -0.433. The molecule has 0 radical (unpaired) electrons. The highest BCUT2D eigenvalue weighted by Crippen LogP contribution is 2.16. The van der Waals surface area contributed by atoms with E-state index in [-0.39, 0.29) is 12.3 Å². The summed E-state index contributed by atoms with van der Waals surface area (Å²) in [6, 6.07) is 7.65. The molecule has 0 atom stereocenters. The Labute approximate surface area is 187 Å². The zero-order valence-electron chi connectivity index (χ0n) is 19.2. The normalized spacial score (nSPS) is 11.2. The summed E-state index contributed by atoms with van der Waals surface area (Å²) < 4.78 is 3.44. The topological polar surface area (TPSA) is 102 Å². The third-order valence-corrected chi connectivity index (χ3v) is 5.60. The molecule has 0 aliphatic carbocycles. The molecule has 0 aliphatic rings. The Morgan fingerprint density at radius 1 is 1.00 bits per heavy atom. The van der Waals surface area contributed by atoms with Crippen LogP contribution in [0.3, 0.4) is 0 Å². The quantitative estimate of drug-likeness (QED) is 0.444. The number of H-pyrrole nitrogens is 1. The molecule has 0 saturated carbocycles. The number of hydrogen-bond acceptors (Lipinski definition) is 4. The van der Waals surface area contributed by atoms with E-state index in [4.69, 9.17) is 0 Å². The number of imidazole rings is 1. The summed E-state index contributed by atoms with van der Waals surface area (Å²) in [4.78, 5) is 44.8. The number of benzene rings is 1. The highest BCUT2D eigenvalue weighted by Gasteiger charge is 2.19. The molecule has 2 N–H and O–H groups in total. The van der Waals surface area contributed by atoms with Gasteiger partial charge in [-0.25, -0.2) is 9.78 Å². The molecule has 2 aromatic heterocycles. The minimum Gasteiger partial charge on any atom is -0.326 e. The number of hydrogen-bond donors (Lipinski definition) is 2. The average molecular weight is 440 g/mol. The van der Waals surface area contributed by atoms with E-state index in [1.807, 2.05) is 35.8 Å². The molecule has 8 nitrogen and oxygen atoms in total. The van der Waals surface area contributed by atoms with Crippen LogP contribution in [0.2, 0.25) is 0 Å². The molecular formula is C24H33N5O3. The molecule has 1 amide bonds. The second-order valence-corrected chi connectivity index (χ2v) is 8.24. The predicted octanol–water partition coefficient (Wildman–Crippen LogP) is 3.76. The smallest absolute Gasteiger partial charge is 0.326 e. The summed E-state index contributed by atoms with van der Waals surface area (Å²) in [5.74, 6) is 0.551. The molecule has 3 aromatic rings. The molecule has 0 unspecified atom stereocenters. The molecule has 0 saturated heterocycles. The van der Waals surface area contributed by atoms with Gasteiger partial charge in [0.15, 0.2) is 11.2 Å². The Morgan fingerprint density at radius 3 is 2.38 bits per heavy atom. The number of nitrogens with one attached hydrogen (secondary N) is 2. The van der Waals surface area contributed by atoms with E-state index in [0.29, 0.717) is 36.5 Å². The number of aryl methyl sites for hydroxylation is 4. The minimum absolute atomic E-state index is 0.113. The van der Waals surface area contributed by atoms with E-state index in [0.717, 1.165) is 43.4 Å². The molecule has 172 valence electrons. The highest BCUT2D eigenvalue weighted by atomic mass is 16.2. The Balaban J connectivity index is 1.89. The van der Waals surface area contributed by atoms with Gasteiger partial charge < -0.3 is 9.88 Å². The van der Waals surface area contributed by atoms with Gasteiger partial charge in [-0.1, -0.05) is 50.8 Å². The third-order valence-electron chi connectivity index (χ3n) is 5.60. The number of unbranched alkanes of at least 4 members (excludes halogenated alkanes) is 3. The fourth-order valence-electron chi connectivity index (χ4n) is 3.78. The van der Waals surface area contributed by atoms with Gasteiger partial charge in [-0.15, -0.1) is 0 Å². The van der Waals surface area contributed by atoms with Crippen LogP contribution >= 0.6 is 0 Å². The van der Waals surface area contributed by atoms with Gasteiger partial charge in [0.1, 0.15) is 5.82 Å². The van der Waals surface area contributed by atoms with Gasteiger partial charge in [-0.2, -0.15) is 0 Å². The molecular weight excluding hydrogens is 406 g/mol. The van der Waals surface area contributed by atoms with Crippen molar-refractivity contribution in [3.63, 3.8) is 0 Å². The van der Waals surface area contributed by atoms with Crippen molar-refractivity contribution in [1.82, 2.24) is 19.1 Å². The first-order valence-electron chi connectivity index (χ1n) is 11.5. The number of anilines is 1. The fraction of sp³-hybridized carbons (Fsp3) is 0.500. The van der Waals surface area contributed by atoms with Crippen molar-refractivity contribution in [2.45, 2.75) is 78.8 Å². The van der Waals surface area contributed by atoms with Crippen molar-refractivity contribution in [2.24, 2.45) is 0 Å². The van der Waals surface area contributed by atoms with E-state index < -0.39 is 11.2 Å². The van der Waals surface area contributed by atoms with Crippen molar-refractivity contribution >= 4 is 22.8 Å². The van der Waals surface area contributed by atoms with E-state index in [2.05, 4.69) is 29.1 Å². The largest absolute Gasteiger partial charge is 0.330 e. The maximum Gasteiger partial charge on any atom is 0.330 e. The average Bonchev–Trinajstić information content (AvgIpc) is 3.13. The molecule has 2 heterocycles. The molecule has 0 bridgehead atoms. The summed E-state index contributed by atoms with van der Waals surface area (Å²) in [7, 11) is 0. The lowest BCUT2D eigenvalue weighted by atomic mass is 10.2. The van der Waals surface area contributed by atoms with Crippen LogP contribution in [0.4, 0.5) is 5.69 Å². The number of nitrogens with zero attached hydrogens (tertiary/aromatic N) is 3. The number of rotatable bonds is 11. The second kappa shape index (κ2) is 10.9. The van der Waals surface area contributed by atoms with Gasteiger partial charge in [0.2, 0.25) is 5.91 Å². The van der Waals surface area contributed by atoms with Crippen LogP contribution in [0.15, 0.2) is 33.9 Å². The maximum absolute atomic E-state index is 12.7. The van der Waals surface area contributed by atoms with Crippen LogP contribution in [0.25, 0.3) is 11.2 Å². The Kier molecular flexibility index (Phi) is 8.03. The van der Waals surface area contributed by atoms with Gasteiger partial charge >= 0.3 is 5.69 Å². The van der Waals surface area contributed by atoms with Crippen LogP contribution in [0, 0.1) is 6.92 Å². The number of aromatic nitrogens is 4. The number of aromatic amines is 1. The number of carbonyl (C=O) groups excluding carboxylic acids is 1. The first kappa shape index (κ1) is 23.5. The lowest BCUT2D eigenvalue weighted by Gasteiger charge is -2.09. The van der Waals surface area contributed by atoms with Crippen LogP contribution < -0.4 is 16.6 Å². The van der Waals surface area contributed by atoms with Crippen LogP contribution in [-0.2, 0) is 24.3 Å². The molecule has 0 fully saturated rings. The van der Waals surface area contributed by atoms with Crippen molar-refractivity contribution in [1.29, 1.82) is 0 Å². The van der Waals surface area contributed by atoms with Gasteiger partial charge in [-0.3, -0.25) is 19.1 Å².